The number of anilines is 1. The van der Waals surface area contributed by atoms with Gasteiger partial charge in [0.25, 0.3) is 0 Å². The van der Waals surface area contributed by atoms with E-state index in [0.717, 1.165) is 0 Å². The zero-order chi connectivity index (χ0) is 12.0. The van der Waals surface area contributed by atoms with Crippen molar-refractivity contribution in [2.75, 3.05) is 11.4 Å². The highest BCUT2D eigenvalue weighted by atomic mass is 32.1. The van der Waals surface area contributed by atoms with Crippen molar-refractivity contribution in [2.45, 2.75) is 6.42 Å². The molecule has 86 valence electrons. The second kappa shape index (κ2) is 3.45. The van der Waals surface area contributed by atoms with E-state index >= 15 is 0 Å². The Morgan fingerprint density at radius 2 is 2.24 bits per heavy atom. The normalized spacial score (nSPS) is 16.1. The Kier molecular flexibility index (Phi) is 2.05. The van der Waals surface area contributed by atoms with Gasteiger partial charge in [-0.15, -0.1) is 0 Å². The molecule has 0 radical (unpaired) electrons. The van der Waals surface area contributed by atoms with E-state index in [1.54, 1.807) is 0 Å². The van der Waals surface area contributed by atoms with Crippen molar-refractivity contribution in [3.05, 3.63) is 11.0 Å². The number of hydrogen-bond donors (Lipinski definition) is 2. The van der Waals surface area contributed by atoms with Gasteiger partial charge >= 0.3 is 0 Å². The van der Waals surface area contributed by atoms with Gasteiger partial charge in [-0.1, -0.05) is 12.2 Å². The molecule has 1 fully saturated rings. The number of imidazole rings is 1. The van der Waals surface area contributed by atoms with Crippen LogP contribution in [0.2, 0.25) is 0 Å². The van der Waals surface area contributed by atoms with Crippen LogP contribution >= 0.6 is 12.2 Å². The van der Waals surface area contributed by atoms with Crippen molar-refractivity contribution < 1.29 is 9.59 Å². The Morgan fingerprint density at radius 1 is 1.41 bits per heavy atom. The molecule has 0 aliphatic carbocycles. The number of ketones is 1. The minimum absolute atomic E-state index is 0.0348. The predicted molar refractivity (Wildman–Crippen MR) is 61.1 cm³/mol. The molecule has 1 amide bonds. The van der Waals surface area contributed by atoms with Gasteiger partial charge in [0.2, 0.25) is 11.9 Å². The third-order valence-electron chi connectivity index (χ3n) is 2.53. The van der Waals surface area contributed by atoms with E-state index in [2.05, 4.69) is 19.9 Å². The molecule has 1 aliphatic rings. The highest BCUT2D eigenvalue weighted by Gasteiger charge is 2.30. The lowest BCUT2D eigenvalue weighted by Crippen LogP contribution is -2.26. The molecular formula is C9H7N5O2S. The maximum Gasteiger partial charge on any atom is 0.237 e. The first-order chi connectivity index (χ1) is 8.15. The van der Waals surface area contributed by atoms with Crippen molar-refractivity contribution >= 4 is 41.0 Å². The van der Waals surface area contributed by atoms with Gasteiger partial charge in [0.15, 0.2) is 16.1 Å². The number of carbonyl (C=O) groups excluding carboxylic acids is 2. The molecule has 0 atom stereocenters. The van der Waals surface area contributed by atoms with Gasteiger partial charge in [-0.2, -0.15) is 0 Å². The first-order valence-electron chi connectivity index (χ1n) is 4.90. The quantitative estimate of drug-likeness (QED) is 0.560. The number of carbonyl (C=O) groups is 2. The number of H-pyrrole nitrogens is 2. The smallest absolute Gasteiger partial charge is 0.237 e. The number of nitrogens with one attached hydrogen (secondary N) is 2. The summed E-state index contributed by atoms with van der Waals surface area (Å²) in [6.07, 6.45) is 1.40. The van der Waals surface area contributed by atoms with Gasteiger partial charge in [-0.3, -0.25) is 14.5 Å². The summed E-state index contributed by atoms with van der Waals surface area (Å²) in [5, 5.41) is 0. The van der Waals surface area contributed by atoms with Crippen LogP contribution in [0.15, 0.2) is 6.33 Å². The lowest BCUT2D eigenvalue weighted by atomic mass is 10.3. The third-order valence-corrected chi connectivity index (χ3v) is 2.83. The van der Waals surface area contributed by atoms with Gasteiger partial charge in [0.1, 0.15) is 5.52 Å². The van der Waals surface area contributed by atoms with E-state index in [4.69, 9.17) is 12.2 Å². The van der Waals surface area contributed by atoms with Gasteiger partial charge in [0, 0.05) is 0 Å². The molecule has 0 spiro atoms. The molecule has 7 nitrogen and oxygen atoms in total. The van der Waals surface area contributed by atoms with Crippen molar-refractivity contribution in [1.82, 2.24) is 19.9 Å². The lowest BCUT2D eigenvalue weighted by molar-refractivity contribution is -0.121. The first kappa shape index (κ1) is 10.1. The lowest BCUT2D eigenvalue weighted by Gasteiger charge is -2.12. The summed E-state index contributed by atoms with van der Waals surface area (Å²) in [6, 6.07) is 0. The molecule has 0 unspecified atom stereocenters. The topological polar surface area (TPSA) is 94.7 Å². The summed E-state index contributed by atoms with van der Waals surface area (Å²) in [6.45, 7) is 0.0348. The predicted octanol–water partition coefficient (Wildman–Crippen LogP) is 0.321. The van der Waals surface area contributed by atoms with E-state index in [1.165, 1.54) is 11.2 Å². The van der Waals surface area contributed by atoms with Crippen LogP contribution in [0.4, 0.5) is 5.95 Å². The largest absolute Gasteiger partial charge is 0.341 e. The molecule has 8 heteroatoms. The summed E-state index contributed by atoms with van der Waals surface area (Å²) in [7, 11) is 0. The van der Waals surface area contributed by atoms with Crippen LogP contribution in [0, 0.1) is 4.64 Å². The Balaban J connectivity index is 2.15. The minimum atomic E-state index is -0.275. The summed E-state index contributed by atoms with van der Waals surface area (Å²) >= 11 is 5.07. The van der Waals surface area contributed by atoms with Crippen LogP contribution in [-0.4, -0.2) is 38.2 Å². The Bertz CT molecular complexity index is 688. The third kappa shape index (κ3) is 1.53. The standard InChI is InChI=1S/C9H7N5O2S/c15-4-1-5(16)14(2-4)9-12-7-6(8(17)13-9)10-3-11-7/h3H,1-2H2,(H2,10,11,12,13,17). The zero-order valence-corrected chi connectivity index (χ0v) is 9.37. The van der Waals surface area contributed by atoms with E-state index in [0.29, 0.717) is 15.8 Å². The molecule has 2 aromatic heterocycles. The average molecular weight is 249 g/mol. The van der Waals surface area contributed by atoms with Crippen LogP contribution < -0.4 is 4.90 Å². The fraction of sp³-hybridized carbons (Fsp3) is 0.222. The van der Waals surface area contributed by atoms with Crippen molar-refractivity contribution in [2.24, 2.45) is 0 Å². The Morgan fingerprint density at radius 3 is 2.94 bits per heavy atom. The van der Waals surface area contributed by atoms with Crippen molar-refractivity contribution in [1.29, 1.82) is 0 Å². The summed E-state index contributed by atoms with van der Waals surface area (Å²) in [5.41, 5.74) is 1.13. The van der Waals surface area contributed by atoms with E-state index < -0.39 is 0 Å². The van der Waals surface area contributed by atoms with E-state index in [1.807, 2.05) is 0 Å². The van der Waals surface area contributed by atoms with Gasteiger partial charge in [0.05, 0.1) is 19.3 Å². The van der Waals surface area contributed by atoms with Crippen LogP contribution in [0.1, 0.15) is 6.42 Å². The molecule has 1 saturated heterocycles. The number of aromatic nitrogens is 4. The van der Waals surface area contributed by atoms with Crippen molar-refractivity contribution in [3.8, 4) is 0 Å². The molecule has 2 N–H and O–H groups in total. The second-order valence-corrected chi connectivity index (χ2v) is 4.07. The summed E-state index contributed by atoms with van der Waals surface area (Å²) in [5.74, 6) is -0.133. The SMILES string of the molecule is O=C1CC(=O)N(c2nc(=S)c3[nH]cnc3[nH]2)C1. The molecule has 2 aromatic rings. The second-order valence-electron chi connectivity index (χ2n) is 3.69. The Labute approximate surface area is 99.9 Å². The zero-order valence-electron chi connectivity index (χ0n) is 8.56. The average Bonchev–Trinajstić information content (AvgIpc) is 2.84. The molecule has 3 rings (SSSR count). The van der Waals surface area contributed by atoms with Crippen LogP contribution in [0.5, 0.6) is 0 Å². The molecule has 0 bridgehead atoms. The number of fused-ring (bicyclic) bond motifs is 1. The molecule has 0 aromatic carbocycles. The van der Waals surface area contributed by atoms with Crippen LogP contribution in [-0.2, 0) is 9.59 Å². The van der Waals surface area contributed by atoms with E-state index in [-0.39, 0.29) is 30.6 Å². The Hall–Kier alpha value is -2.09. The maximum absolute atomic E-state index is 11.6. The molecule has 3 heterocycles. The van der Waals surface area contributed by atoms with E-state index in [9.17, 15) is 9.59 Å². The maximum atomic E-state index is 11.6. The number of aromatic amines is 2. The fourth-order valence-corrected chi connectivity index (χ4v) is 1.99. The monoisotopic (exact) mass is 249 g/mol. The highest BCUT2D eigenvalue weighted by molar-refractivity contribution is 7.71. The van der Waals surface area contributed by atoms with Gasteiger partial charge < -0.3 is 9.97 Å². The number of hydrogen-bond acceptors (Lipinski definition) is 5. The molecule has 17 heavy (non-hydrogen) atoms. The number of amides is 1. The molecule has 1 aliphatic heterocycles. The summed E-state index contributed by atoms with van der Waals surface area (Å²) in [4.78, 5) is 37.8. The highest BCUT2D eigenvalue weighted by Crippen LogP contribution is 2.17. The molecule has 0 saturated carbocycles. The van der Waals surface area contributed by atoms with Crippen LogP contribution in [0.3, 0.4) is 0 Å². The van der Waals surface area contributed by atoms with Gasteiger partial charge in [-0.25, -0.2) is 9.97 Å². The summed E-state index contributed by atoms with van der Waals surface area (Å²) < 4.78 is 0.318. The number of nitrogens with zero attached hydrogens (tertiary/aromatic N) is 3. The number of Topliss-reactive ketones (excluding diaryl/α,β-unsaturated/α-hetero) is 1. The van der Waals surface area contributed by atoms with Crippen molar-refractivity contribution in [3.63, 3.8) is 0 Å². The number of rotatable bonds is 1. The molecular weight excluding hydrogens is 242 g/mol. The van der Waals surface area contributed by atoms with Crippen LogP contribution in [0.25, 0.3) is 11.2 Å². The van der Waals surface area contributed by atoms with Gasteiger partial charge in [-0.05, 0) is 0 Å². The minimum Gasteiger partial charge on any atom is -0.341 e. The fourth-order valence-electron chi connectivity index (χ4n) is 1.74. The first-order valence-corrected chi connectivity index (χ1v) is 5.31.